The first-order valence-electron chi connectivity index (χ1n) is 11.3. The summed E-state index contributed by atoms with van der Waals surface area (Å²) in [6.07, 6.45) is 16.6. The summed E-state index contributed by atoms with van der Waals surface area (Å²) in [6, 6.07) is 5.84. The number of terminal acetylenes is 1. The lowest BCUT2D eigenvalue weighted by Gasteiger charge is -2.20. The minimum Gasteiger partial charge on any atom is -0.408 e. The molecule has 1 fully saturated rings. The molecule has 1 saturated carbocycles. The van der Waals surface area contributed by atoms with E-state index in [0.29, 0.717) is 12.3 Å². The first kappa shape index (κ1) is 22.2. The summed E-state index contributed by atoms with van der Waals surface area (Å²) in [6.45, 7) is 4.64. The van der Waals surface area contributed by atoms with Crippen LogP contribution in [0.25, 0.3) is 10.9 Å². The van der Waals surface area contributed by atoms with Crippen molar-refractivity contribution in [3.05, 3.63) is 30.0 Å². The predicted octanol–water partition coefficient (Wildman–Crippen LogP) is 5.41. The van der Waals surface area contributed by atoms with E-state index in [0.717, 1.165) is 29.9 Å². The van der Waals surface area contributed by atoms with Gasteiger partial charge in [-0.15, -0.1) is 6.42 Å². The summed E-state index contributed by atoms with van der Waals surface area (Å²) >= 11 is 0. The number of nitrogens with zero attached hydrogens (tertiary/aromatic N) is 2. The van der Waals surface area contributed by atoms with Gasteiger partial charge in [-0.05, 0) is 44.5 Å². The van der Waals surface area contributed by atoms with Crippen LogP contribution in [0.2, 0.25) is 0 Å². The van der Waals surface area contributed by atoms with Crippen molar-refractivity contribution < 1.29 is 9.53 Å². The van der Waals surface area contributed by atoms with E-state index in [-0.39, 0.29) is 6.54 Å². The van der Waals surface area contributed by atoms with Crippen LogP contribution in [0.3, 0.4) is 0 Å². The quantitative estimate of drug-likeness (QED) is 0.468. The van der Waals surface area contributed by atoms with Gasteiger partial charge in [0.2, 0.25) is 0 Å². The van der Waals surface area contributed by atoms with Crippen molar-refractivity contribution in [1.82, 2.24) is 14.8 Å². The number of fused-ring (bicyclic) bond motifs is 1. The average Bonchev–Trinajstić information content (AvgIpc) is 2.97. The van der Waals surface area contributed by atoms with Gasteiger partial charge in [0.15, 0.2) is 5.75 Å². The molecular weight excluding hydrogens is 374 g/mol. The first-order valence-corrected chi connectivity index (χ1v) is 11.3. The fraction of sp³-hybridized carbons (Fsp3) is 0.560. The number of nitrogens with one attached hydrogen (secondary N) is 1. The Morgan fingerprint density at radius 3 is 2.73 bits per heavy atom. The maximum absolute atomic E-state index is 12.4. The van der Waals surface area contributed by atoms with Gasteiger partial charge in [0.25, 0.3) is 0 Å². The van der Waals surface area contributed by atoms with Crippen LogP contribution in [0.5, 0.6) is 5.75 Å². The average molecular weight is 410 g/mol. The van der Waals surface area contributed by atoms with Crippen LogP contribution in [0, 0.1) is 18.3 Å². The van der Waals surface area contributed by atoms with Crippen LogP contribution in [-0.4, -0.2) is 47.6 Å². The fourth-order valence-electron chi connectivity index (χ4n) is 4.40. The highest BCUT2D eigenvalue weighted by Crippen LogP contribution is 2.29. The standard InChI is InChI=1S/C25H35N3O2/c1-4-16-28(5-2)25(29)30-23-14-10-13-22-21(18-26-24(22)23)19-27(3)17-15-20-11-8-6-7-9-12-20/h1,10,13-14,18,20,26H,5-9,11-12,15-17,19H2,2-3H3. The van der Waals surface area contributed by atoms with Gasteiger partial charge in [0.05, 0.1) is 12.1 Å². The van der Waals surface area contributed by atoms with E-state index < -0.39 is 6.09 Å². The zero-order valence-electron chi connectivity index (χ0n) is 18.5. The summed E-state index contributed by atoms with van der Waals surface area (Å²) in [5.74, 6) is 3.92. The highest BCUT2D eigenvalue weighted by molar-refractivity contribution is 5.90. The Balaban J connectivity index is 1.63. The third-order valence-corrected chi connectivity index (χ3v) is 6.22. The summed E-state index contributed by atoms with van der Waals surface area (Å²) in [7, 11) is 2.19. The van der Waals surface area contributed by atoms with Gasteiger partial charge >= 0.3 is 6.09 Å². The maximum atomic E-state index is 12.4. The number of aromatic amines is 1. The second kappa shape index (κ2) is 11.1. The van der Waals surface area contributed by atoms with E-state index in [1.54, 1.807) is 0 Å². The molecule has 0 saturated heterocycles. The van der Waals surface area contributed by atoms with Gasteiger partial charge in [0, 0.05) is 24.7 Å². The van der Waals surface area contributed by atoms with Crippen molar-refractivity contribution in [2.24, 2.45) is 5.92 Å². The number of ether oxygens (including phenoxy) is 1. The second-order valence-electron chi connectivity index (χ2n) is 8.46. The molecule has 5 nitrogen and oxygen atoms in total. The SMILES string of the molecule is C#CCN(CC)C(=O)Oc1cccc2c(CN(C)CCC3CCCCCC3)c[nH]c12. The Bertz CT molecular complexity index is 859. The molecule has 1 N–H and O–H groups in total. The molecule has 1 heterocycles. The predicted molar refractivity (Wildman–Crippen MR) is 123 cm³/mol. The molecule has 1 aliphatic rings. The van der Waals surface area contributed by atoms with Gasteiger partial charge in [-0.2, -0.15) is 0 Å². The van der Waals surface area contributed by atoms with Gasteiger partial charge in [0.1, 0.15) is 0 Å². The number of para-hydroxylation sites is 1. The summed E-state index contributed by atoms with van der Waals surface area (Å²) < 4.78 is 5.64. The molecule has 3 rings (SSSR count). The lowest BCUT2D eigenvalue weighted by molar-refractivity contribution is 0.161. The largest absolute Gasteiger partial charge is 0.416 e. The number of H-pyrrole nitrogens is 1. The topological polar surface area (TPSA) is 48.6 Å². The van der Waals surface area contributed by atoms with Crippen LogP contribution >= 0.6 is 0 Å². The van der Waals surface area contributed by atoms with Crippen molar-refractivity contribution in [3.8, 4) is 18.1 Å². The normalized spacial score (nSPS) is 15.1. The number of hydrogen-bond donors (Lipinski definition) is 1. The number of rotatable bonds is 8. The Hall–Kier alpha value is -2.45. The van der Waals surface area contributed by atoms with Gasteiger partial charge in [-0.1, -0.05) is 56.6 Å². The molecule has 5 heteroatoms. The van der Waals surface area contributed by atoms with Gasteiger partial charge in [-0.3, -0.25) is 4.90 Å². The lowest BCUT2D eigenvalue weighted by Crippen LogP contribution is -2.33. The van der Waals surface area contributed by atoms with E-state index in [4.69, 9.17) is 11.2 Å². The first-order chi connectivity index (χ1) is 14.6. The molecule has 0 spiro atoms. The Kier molecular flexibility index (Phi) is 8.21. The third-order valence-electron chi connectivity index (χ3n) is 6.22. The van der Waals surface area contributed by atoms with E-state index in [9.17, 15) is 4.79 Å². The maximum Gasteiger partial charge on any atom is 0.416 e. The van der Waals surface area contributed by atoms with Crippen LogP contribution in [0.1, 0.15) is 57.4 Å². The Labute approximate surface area is 180 Å². The third kappa shape index (κ3) is 5.79. The summed E-state index contributed by atoms with van der Waals surface area (Å²) in [4.78, 5) is 19.6. The smallest absolute Gasteiger partial charge is 0.408 e. The fourth-order valence-corrected chi connectivity index (χ4v) is 4.40. The van der Waals surface area contributed by atoms with Crippen molar-refractivity contribution in [2.75, 3.05) is 26.7 Å². The number of hydrogen-bond acceptors (Lipinski definition) is 3. The van der Waals surface area contributed by atoms with E-state index in [1.807, 2.05) is 25.3 Å². The van der Waals surface area contributed by atoms with Crippen LogP contribution < -0.4 is 4.74 Å². The lowest BCUT2D eigenvalue weighted by atomic mass is 9.96. The minimum atomic E-state index is -0.417. The van der Waals surface area contributed by atoms with Crippen molar-refractivity contribution in [1.29, 1.82) is 0 Å². The van der Waals surface area contributed by atoms with E-state index >= 15 is 0 Å². The highest BCUT2D eigenvalue weighted by atomic mass is 16.6. The molecule has 1 aromatic carbocycles. The number of carbonyl (C=O) groups excluding carboxylic acids is 1. The molecule has 1 aliphatic carbocycles. The van der Waals surface area contributed by atoms with Gasteiger partial charge < -0.3 is 14.6 Å². The molecule has 30 heavy (non-hydrogen) atoms. The Morgan fingerprint density at radius 2 is 2.03 bits per heavy atom. The monoisotopic (exact) mass is 409 g/mol. The van der Waals surface area contributed by atoms with Crippen LogP contribution in [-0.2, 0) is 6.54 Å². The number of benzene rings is 1. The number of amides is 1. The summed E-state index contributed by atoms with van der Waals surface area (Å²) in [5.41, 5.74) is 2.08. The summed E-state index contributed by atoms with van der Waals surface area (Å²) in [5, 5.41) is 1.10. The minimum absolute atomic E-state index is 0.243. The molecule has 0 bridgehead atoms. The molecule has 0 unspecified atom stereocenters. The second-order valence-corrected chi connectivity index (χ2v) is 8.46. The van der Waals surface area contributed by atoms with Crippen LogP contribution in [0.15, 0.2) is 24.4 Å². The molecule has 0 radical (unpaired) electrons. The van der Waals surface area contributed by atoms with Gasteiger partial charge in [-0.25, -0.2) is 4.79 Å². The number of aromatic nitrogens is 1. The zero-order chi connectivity index (χ0) is 21.3. The molecule has 1 amide bonds. The van der Waals surface area contributed by atoms with E-state index in [2.05, 4.69) is 28.9 Å². The molecule has 162 valence electrons. The highest BCUT2D eigenvalue weighted by Gasteiger charge is 2.17. The van der Waals surface area contributed by atoms with Crippen LogP contribution in [0.4, 0.5) is 4.79 Å². The molecule has 0 atom stereocenters. The number of carbonyl (C=O) groups is 1. The molecule has 1 aromatic heterocycles. The van der Waals surface area contributed by atoms with Crippen molar-refractivity contribution in [3.63, 3.8) is 0 Å². The zero-order valence-corrected chi connectivity index (χ0v) is 18.5. The van der Waals surface area contributed by atoms with Crippen molar-refractivity contribution >= 4 is 17.0 Å². The Morgan fingerprint density at radius 1 is 1.27 bits per heavy atom. The molecular formula is C25H35N3O2. The van der Waals surface area contributed by atoms with Crippen molar-refractivity contribution in [2.45, 2.75) is 58.4 Å². The van der Waals surface area contributed by atoms with E-state index in [1.165, 1.54) is 55.4 Å². The molecule has 2 aromatic rings. The molecule has 0 aliphatic heterocycles.